The van der Waals surface area contributed by atoms with Gasteiger partial charge < -0.3 is 20.6 Å². The average Bonchev–Trinajstić information content (AvgIpc) is 2.66. The fraction of sp³-hybridized carbons (Fsp3) is 0.550. The molecule has 1 saturated carbocycles. The molecule has 3 amide bonds. The van der Waals surface area contributed by atoms with Crippen LogP contribution in [0.1, 0.15) is 60.9 Å². The SMILES string of the molecule is CN(Cc1ccc(C(=O)O)cc1)C(=O)CCCNC(=O)NC1CCCCC1. The first-order valence-electron chi connectivity index (χ1n) is 9.56. The summed E-state index contributed by atoms with van der Waals surface area (Å²) in [6.45, 7) is 0.889. The molecule has 0 spiro atoms. The van der Waals surface area contributed by atoms with E-state index in [1.165, 1.54) is 31.4 Å². The number of carboxylic acid groups (broad SMARTS) is 1. The summed E-state index contributed by atoms with van der Waals surface area (Å²) in [4.78, 5) is 36.5. The molecule has 1 aliphatic rings. The van der Waals surface area contributed by atoms with E-state index in [0.717, 1.165) is 18.4 Å². The Morgan fingerprint density at radius 2 is 1.78 bits per heavy atom. The first kappa shape index (κ1) is 20.7. The molecule has 0 aliphatic heterocycles. The first-order chi connectivity index (χ1) is 13.0. The van der Waals surface area contributed by atoms with Crippen LogP contribution in [0.4, 0.5) is 4.79 Å². The predicted octanol–water partition coefficient (Wildman–Crippen LogP) is 2.76. The Labute approximate surface area is 160 Å². The van der Waals surface area contributed by atoms with Gasteiger partial charge in [-0.1, -0.05) is 31.4 Å². The smallest absolute Gasteiger partial charge is 0.335 e. The molecular weight excluding hydrogens is 346 g/mol. The lowest BCUT2D eigenvalue weighted by atomic mass is 9.96. The molecule has 1 aromatic rings. The molecule has 148 valence electrons. The molecule has 0 unspecified atom stereocenters. The minimum atomic E-state index is -0.967. The van der Waals surface area contributed by atoms with Gasteiger partial charge in [0.15, 0.2) is 0 Å². The minimum absolute atomic E-state index is 0.00759. The topological polar surface area (TPSA) is 98.7 Å². The zero-order valence-corrected chi connectivity index (χ0v) is 15.9. The number of urea groups is 1. The average molecular weight is 375 g/mol. The van der Waals surface area contributed by atoms with Crippen LogP contribution in [0.2, 0.25) is 0 Å². The summed E-state index contributed by atoms with van der Waals surface area (Å²) in [5.74, 6) is -0.974. The van der Waals surface area contributed by atoms with Crippen molar-refractivity contribution in [3.63, 3.8) is 0 Å². The molecule has 7 nitrogen and oxygen atoms in total. The van der Waals surface area contributed by atoms with Gasteiger partial charge in [-0.3, -0.25) is 4.79 Å². The summed E-state index contributed by atoms with van der Waals surface area (Å²) >= 11 is 0. The molecule has 1 fully saturated rings. The van der Waals surface area contributed by atoms with Crippen molar-refractivity contribution in [3.05, 3.63) is 35.4 Å². The summed E-state index contributed by atoms with van der Waals surface area (Å²) in [5.41, 5.74) is 1.10. The van der Waals surface area contributed by atoms with Crippen LogP contribution in [-0.2, 0) is 11.3 Å². The van der Waals surface area contributed by atoms with Crippen LogP contribution in [0.25, 0.3) is 0 Å². The third kappa shape index (κ3) is 7.29. The Hall–Kier alpha value is -2.57. The number of hydrogen-bond donors (Lipinski definition) is 3. The summed E-state index contributed by atoms with van der Waals surface area (Å²) in [6.07, 6.45) is 6.62. The van der Waals surface area contributed by atoms with E-state index in [1.807, 2.05) is 0 Å². The number of rotatable bonds is 8. The van der Waals surface area contributed by atoms with Crippen molar-refractivity contribution in [2.75, 3.05) is 13.6 Å². The van der Waals surface area contributed by atoms with Gasteiger partial charge in [-0.2, -0.15) is 0 Å². The van der Waals surface area contributed by atoms with E-state index in [0.29, 0.717) is 25.9 Å². The van der Waals surface area contributed by atoms with Crippen molar-refractivity contribution in [2.45, 2.75) is 57.5 Å². The lowest BCUT2D eigenvalue weighted by molar-refractivity contribution is -0.130. The number of aromatic carboxylic acids is 1. The predicted molar refractivity (Wildman–Crippen MR) is 103 cm³/mol. The number of nitrogens with zero attached hydrogens (tertiary/aromatic N) is 1. The Morgan fingerprint density at radius 1 is 1.11 bits per heavy atom. The molecule has 1 aromatic carbocycles. The van der Waals surface area contributed by atoms with E-state index in [1.54, 1.807) is 24.1 Å². The summed E-state index contributed by atoms with van der Waals surface area (Å²) < 4.78 is 0. The fourth-order valence-electron chi connectivity index (χ4n) is 3.23. The lowest BCUT2D eigenvalue weighted by Gasteiger charge is -2.23. The second-order valence-corrected chi connectivity index (χ2v) is 7.09. The van der Waals surface area contributed by atoms with Gasteiger partial charge in [0, 0.05) is 32.6 Å². The van der Waals surface area contributed by atoms with E-state index in [-0.39, 0.29) is 23.5 Å². The number of benzene rings is 1. The minimum Gasteiger partial charge on any atom is -0.478 e. The molecule has 0 atom stereocenters. The van der Waals surface area contributed by atoms with Crippen molar-refractivity contribution in [1.29, 1.82) is 0 Å². The van der Waals surface area contributed by atoms with E-state index >= 15 is 0 Å². The van der Waals surface area contributed by atoms with Gasteiger partial charge in [0.1, 0.15) is 0 Å². The quantitative estimate of drug-likeness (QED) is 0.609. The number of carbonyl (C=O) groups is 3. The molecule has 0 saturated heterocycles. The van der Waals surface area contributed by atoms with Gasteiger partial charge in [0.05, 0.1) is 5.56 Å². The third-order valence-electron chi connectivity index (χ3n) is 4.84. The zero-order valence-electron chi connectivity index (χ0n) is 15.9. The van der Waals surface area contributed by atoms with Crippen LogP contribution in [0.3, 0.4) is 0 Å². The van der Waals surface area contributed by atoms with E-state index in [9.17, 15) is 14.4 Å². The molecule has 2 rings (SSSR count). The maximum Gasteiger partial charge on any atom is 0.335 e. The highest BCUT2D eigenvalue weighted by molar-refractivity contribution is 5.87. The van der Waals surface area contributed by atoms with Crippen LogP contribution >= 0.6 is 0 Å². The second kappa shape index (κ2) is 10.5. The Balaban J connectivity index is 1.62. The van der Waals surface area contributed by atoms with Gasteiger partial charge >= 0.3 is 12.0 Å². The summed E-state index contributed by atoms with van der Waals surface area (Å²) in [6, 6.07) is 6.62. The Kier molecular flexibility index (Phi) is 8.10. The largest absolute Gasteiger partial charge is 0.478 e. The number of carbonyl (C=O) groups excluding carboxylic acids is 2. The molecule has 27 heavy (non-hydrogen) atoms. The van der Waals surface area contributed by atoms with Crippen LogP contribution in [-0.4, -0.2) is 47.5 Å². The maximum absolute atomic E-state index is 12.2. The van der Waals surface area contributed by atoms with Crippen LogP contribution < -0.4 is 10.6 Å². The van der Waals surface area contributed by atoms with E-state index < -0.39 is 5.97 Å². The van der Waals surface area contributed by atoms with Gasteiger partial charge in [0.2, 0.25) is 5.91 Å². The number of amides is 3. The molecular formula is C20H29N3O4. The van der Waals surface area contributed by atoms with Crippen LogP contribution in [0, 0.1) is 0 Å². The highest BCUT2D eigenvalue weighted by Crippen LogP contribution is 2.17. The standard InChI is InChI=1S/C20H29N3O4/c1-23(14-15-9-11-16(12-10-15)19(25)26)18(24)8-5-13-21-20(27)22-17-6-3-2-4-7-17/h9-12,17H,2-8,13-14H2,1H3,(H,25,26)(H2,21,22,27). The lowest BCUT2D eigenvalue weighted by Crippen LogP contribution is -2.43. The highest BCUT2D eigenvalue weighted by Gasteiger charge is 2.15. The monoisotopic (exact) mass is 375 g/mol. The van der Waals surface area contributed by atoms with Crippen LogP contribution in [0.5, 0.6) is 0 Å². The molecule has 1 aliphatic carbocycles. The summed E-state index contributed by atoms with van der Waals surface area (Å²) in [5, 5.41) is 14.7. The normalized spacial score (nSPS) is 14.4. The number of hydrogen-bond acceptors (Lipinski definition) is 3. The van der Waals surface area contributed by atoms with Crippen molar-refractivity contribution >= 4 is 17.9 Å². The zero-order chi connectivity index (χ0) is 19.6. The highest BCUT2D eigenvalue weighted by atomic mass is 16.4. The van der Waals surface area contributed by atoms with E-state index in [2.05, 4.69) is 10.6 Å². The van der Waals surface area contributed by atoms with Crippen molar-refractivity contribution in [3.8, 4) is 0 Å². The molecule has 7 heteroatoms. The van der Waals surface area contributed by atoms with Crippen molar-refractivity contribution < 1.29 is 19.5 Å². The number of carboxylic acids is 1. The summed E-state index contributed by atoms with van der Waals surface area (Å²) in [7, 11) is 1.72. The molecule has 0 heterocycles. The first-order valence-corrected chi connectivity index (χ1v) is 9.56. The molecule has 0 bridgehead atoms. The molecule has 3 N–H and O–H groups in total. The van der Waals surface area contributed by atoms with E-state index in [4.69, 9.17) is 5.11 Å². The number of nitrogens with one attached hydrogen (secondary N) is 2. The fourth-order valence-corrected chi connectivity index (χ4v) is 3.23. The van der Waals surface area contributed by atoms with Crippen molar-refractivity contribution in [1.82, 2.24) is 15.5 Å². The Bertz CT molecular complexity index is 639. The molecule has 0 aromatic heterocycles. The van der Waals surface area contributed by atoms with Gasteiger partial charge in [-0.05, 0) is 37.0 Å². The van der Waals surface area contributed by atoms with Gasteiger partial charge in [-0.15, -0.1) is 0 Å². The molecule has 0 radical (unpaired) electrons. The van der Waals surface area contributed by atoms with Gasteiger partial charge in [-0.25, -0.2) is 9.59 Å². The Morgan fingerprint density at radius 3 is 2.41 bits per heavy atom. The second-order valence-electron chi connectivity index (χ2n) is 7.09. The van der Waals surface area contributed by atoms with Crippen molar-refractivity contribution in [2.24, 2.45) is 0 Å². The third-order valence-corrected chi connectivity index (χ3v) is 4.84. The van der Waals surface area contributed by atoms with Gasteiger partial charge in [0.25, 0.3) is 0 Å². The maximum atomic E-state index is 12.2. The van der Waals surface area contributed by atoms with Crippen LogP contribution in [0.15, 0.2) is 24.3 Å².